The van der Waals surface area contributed by atoms with Crippen molar-refractivity contribution in [2.24, 2.45) is 0 Å². The Kier molecular flexibility index (Phi) is 7.94. The fourth-order valence-corrected chi connectivity index (χ4v) is 2.98. The molecule has 0 aromatic heterocycles. The zero-order valence-corrected chi connectivity index (χ0v) is 17.7. The van der Waals surface area contributed by atoms with Crippen LogP contribution in [0.2, 0.25) is 0 Å². The molecule has 0 aliphatic carbocycles. The average Bonchev–Trinajstić information content (AvgIpc) is 2.71. The zero-order chi connectivity index (χ0) is 19.9. The molecule has 0 aliphatic heterocycles. The molecule has 0 radical (unpaired) electrons. The molecule has 4 aromatic rings. The van der Waals surface area contributed by atoms with E-state index in [0.717, 1.165) is 0 Å². The quantitative estimate of drug-likeness (QED) is 0.353. The van der Waals surface area contributed by atoms with Crippen molar-refractivity contribution in [2.75, 3.05) is 0 Å². The van der Waals surface area contributed by atoms with Gasteiger partial charge in [0.15, 0.2) is 0 Å². The fraction of sp³-hybridized carbons (Fsp3) is 0.143. The third kappa shape index (κ3) is 6.44. The van der Waals surface area contributed by atoms with Gasteiger partial charge < -0.3 is 5.48 Å². The van der Waals surface area contributed by atoms with Crippen LogP contribution in [0.25, 0.3) is 22.3 Å². The summed E-state index contributed by atoms with van der Waals surface area (Å²) in [5, 5.41) is 0. The molecule has 0 atom stereocenters. The summed E-state index contributed by atoms with van der Waals surface area (Å²) in [6.07, 6.45) is 0. The van der Waals surface area contributed by atoms with E-state index in [1.165, 1.54) is 44.5 Å². The Bertz CT molecular complexity index is 820. The molecule has 1 heteroatoms. The number of benzene rings is 4. The number of aryl methyl sites for hydroxylation is 4. The number of hydrogen-bond donors (Lipinski definition) is 0. The predicted octanol–water partition coefficient (Wildman–Crippen LogP) is 7.12. The first kappa shape index (κ1) is 22.1. The summed E-state index contributed by atoms with van der Waals surface area (Å²) in [6, 6.07) is 34.5. The normalized spacial score (nSPS) is 9.79. The summed E-state index contributed by atoms with van der Waals surface area (Å²) in [6.45, 7) is 8.44. The molecule has 0 saturated carbocycles. The lowest BCUT2D eigenvalue weighted by atomic mass is 10.0. The van der Waals surface area contributed by atoms with Gasteiger partial charge in [-0.15, -0.1) is 0 Å². The monoisotopic (exact) mass is 382 g/mol. The highest BCUT2D eigenvalue weighted by Gasteiger charge is 1.96. The lowest BCUT2D eigenvalue weighted by Gasteiger charge is -2.02. The predicted molar refractivity (Wildman–Crippen MR) is 126 cm³/mol. The second-order valence-electron chi connectivity index (χ2n) is 7.46. The molecule has 0 aliphatic rings. The van der Waals surface area contributed by atoms with E-state index >= 15 is 0 Å². The minimum Gasteiger partial charge on any atom is -0.412 e. The van der Waals surface area contributed by atoms with Crippen molar-refractivity contribution in [3.63, 3.8) is 0 Å². The van der Waals surface area contributed by atoms with Crippen LogP contribution >= 0.6 is 0 Å². The Morgan fingerprint density at radius 3 is 0.552 bits per heavy atom. The van der Waals surface area contributed by atoms with Gasteiger partial charge in [-0.25, -0.2) is 0 Å². The Labute approximate surface area is 175 Å². The van der Waals surface area contributed by atoms with Crippen LogP contribution in [0, 0.1) is 27.7 Å². The summed E-state index contributed by atoms with van der Waals surface area (Å²) < 4.78 is 0. The van der Waals surface area contributed by atoms with Crippen LogP contribution in [0.1, 0.15) is 22.3 Å². The number of hydrogen-bond acceptors (Lipinski definition) is 0. The summed E-state index contributed by atoms with van der Waals surface area (Å²) in [5.41, 5.74) is 10.4. The van der Waals surface area contributed by atoms with Crippen LogP contribution in [0.5, 0.6) is 0 Å². The van der Waals surface area contributed by atoms with Crippen LogP contribution in [-0.4, -0.2) is 5.48 Å². The molecule has 1 nitrogen and oxygen atoms in total. The second-order valence-corrected chi connectivity index (χ2v) is 7.46. The molecule has 0 spiro atoms. The van der Waals surface area contributed by atoms with Crippen molar-refractivity contribution in [3.8, 4) is 22.3 Å². The highest BCUT2D eigenvalue weighted by atomic mass is 16.0. The summed E-state index contributed by atoms with van der Waals surface area (Å²) in [4.78, 5) is 0. The van der Waals surface area contributed by atoms with E-state index in [-0.39, 0.29) is 5.48 Å². The lowest BCUT2D eigenvalue weighted by Crippen LogP contribution is -1.78. The van der Waals surface area contributed by atoms with Gasteiger partial charge in [0.05, 0.1) is 0 Å². The van der Waals surface area contributed by atoms with E-state index in [1.807, 2.05) is 0 Å². The minimum atomic E-state index is 0. The first-order valence-corrected chi connectivity index (χ1v) is 9.79. The van der Waals surface area contributed by atoms with Gasteiger partial charge in [-0.1, -0.05) is 119 Å². The molecular weight excluding hydrogens is 352 g/mol. The van der Waals surface area contributed by atoms with Gasteiger partial charge in [0.2, 0.25) is 0 Å². The minimum absolute atomic E-state index is 0. The van der Waals surface area contributed by atoms with Gasteiger partial charge in [0, 0.05) is 0 Å². The van der Waals surface area contributed by atoms with E-state index in [9.17, 15) is 0 Å². The fourth-order valence-electron chi connectivity index (χ4n) is 2.98. The molecule has 148 valence electrons. The molecule has 4 aromatic carbocycles. The van der Waals surface area contributed by atoms with E-state index in [4.69, 9.17) is 0 Å². The summed E-state index contributed by atoms with van der Waals surface area (Å²) >= 11 is 0. The SMILES string of the molecule is Cc1ccc(-c2ccc(C)cc2)cc1.Cc1ccc(-c2ccc(C)cc2)cc1.O. The van der Waals surface area contributed by atoms with Crippen LogP contribution in [-0.2, 0) is 0 Å². The first-order chi connectivity index (χ1) is 13.5. The molecule has 2 N–H and O–H groups in total. The van der Waals surface area contributed by atoms with Crippen molar-refractivity contribution in [3.05, 3.63) is 119 Å². The topological polar surface area (TPSA) is 31.5 Å². The third-order valence-corrected chi connectivity index (χ3v) is 4.87. The Balaban J connectivity index is 0.000000200. The largest absolute Gasteiger partial charge is 0.412 e. The summed E-state index contributed by atoms with van der Waals surface area (Å²) in [7, 11) is 0. The highest BCUT2D eigenvalue weighted by molar-refractivity contribution is 5.64. The Morgan fingerprint density at radius 1 is 0.276 bits per heavy atom. The summed E-state index contributed by atoms with van der Waals surface area (Å²) in [5.74, 6) is 0. The van der Waals surface area contributed by atoms with E-state index in [0.29, 0.717) is 0 Å². The maximum Gasteiger partial charge on any atom is -0.0184 e. The Morgan fingerprint density at radius 2 is 0.414 bits per heavy atom. The molecule has 29 heavy (non-hydrogen) atoms. The Hall–Kier alpha value is -3.16. The van der Waals surface area contributed by atoms with E-state index in [2.05, 4.69) is 125 Å². The highest BCUT2D eigenvalue weighted by Crippen LogP contribution is 2.20. The standard InChI is InChI=1S/2C14H14.H2O/c2*1-11-3-7-13(8-4-11)14-9-5-12(2)6-10-14;/h2*3-10H,1-2H3;1H2. The van der Waals surface area contributed by atoms with Crippen molar-refractivity contribution >= 4 is 0 Å². The van der Waals surface area contributed by atoms with Gasteiger partial charge >= 0.3 is 0 Å². The van der Waals surface area contributed by atoms with Crippen molar-refractivity contribution in [2.45, 2.75) is 27.7 Å². The molecule has 4 rings (SSSR count). The maximum atomic E-state index is 2.17. The van der Waals surface area contributed by atoms with Gasteiger partial charge in [0.1, 0.15) is 0 Å². The molecule has 0 unspecified atom stereocenters. The number of rotatable bonds is 2. The van der Waals surface area contributed by atoms with E-state index in [1.54, 1.807) is 0 Å². The van der Waals surface area contributed by atoms with Crippen molar-refractivity contribution in [1.82, 2.24) is 0 Å². The molecule has 0 fully saturated rings. The average molecular weight is 383 g/mol. The molecular formula is C28H30O. The van der Waals surface area contributed by atoms with Gasteiger partial charge in [0.25, 0.3) is 0 Å². The van der Waals surface area contributed by atoms with Crippen molar-refractivity contribution < 1.29 is 5.48 Å². The third-order valence-electron chi connectivity index (χ3n) is 4.87. The first-order valence-electron chi connectivity index (χ1n) is 9.79. The van der Waals surface area contributed by atoms with Crippen molar-refractivity contribution in [1.29, 1.82) is 0 Å². The second kappa shape index (κ2) is 10.4. The van der Waals surface area contributed by atoms with Crippen LogP contribution in [0.15, 0.2) is 97.1 Å². The van der Waals surface area contributed by atoms with Crippen LogP contribution in [0.3, 0.4) is 0 Å². The van der Waals surface area contributed by atoms with Gasteiger partial charge in [-0.2, -0.15) is 0 Å². The lowest BCUT2D eigenvalue weighted by molar-refractivity contribution is 0.824. The molecule has 0 saturated heterocycles. The molecule has 0 bridgehead atoms. The molecule has 0 amide bonds. The van der Waals surface area contributed by atoms with Gasteiger partial charge in [-0.3, -0.25) is 0 Å². The molecule has 0 heterocycles. The maximum absolute atomic E-state index is 2.17. The van der Waals surface area contributed by atoms with E-state index < -0.39 is 0 Å². The van der Waals surface area contributed by atoms with Gasteiger partial charge in [-0.05, 0) is 49.9 Å². The van der Waals surface area contributed by atoms with Crippen LogP contribution < -0.4 is 0 Å². The zero-order valence-electron chi connectivity index (χ0n) is 17.7. The smallest absolute Gasteiger partial charge is 0.0184 e. The van der Waals surface area contributed by atoms with Crippen LogP contribution in [0.4, 0.5) is 0 Å².